The van der Waals surface area contributed by atoms with E-state index in [1.54, 1.807) is 0 Å². The monoisotopic (exact) mass is 289 g/mol. The van der Waals surface area contributed by atoms with Crippen molar-refractivity contribution in [1.29, 1.82) is 0 Å². The molecule has 1 aromatic rings. The van der Waals surface area contributed by atoms with E-state index in [0.717, 1.165) is 18.5 Å². The molecule has 0 bridgehead atoms. The van der Waals surface area contributed by atoms with Crippen molar-refractivity contribution in [3.8, 4) is 0 Å². The maximum absolute atomic E-state index is 12.2. The van der Waals surface area contributed by atoms with Gasteiger partial charge in [0.25, 0.3) is 0 Å². The quantitative estimate of drug-likeness (QED) is 0.924. The van der Waals surface area contributed by atoms with Gasteiger partial charge in [-0.2, -0.15) is 0 Å². The smallest absolute Gasteiger partial charge is 0.223 e. The fourth-order valence-electron chi connectivity index (χ4n) is 2.84. The van der Waals surface area contributed by atoms with Gasteiger partial charge in [0.2, 0.25) is 5.91 Å². The molecule has 1 aromatic carbocycles. The number of carbonyl (C=O) groups is 1. The van der Waals surface area contributed by atoms with Gasteiger partial charge in [-0.1, -0.05) is 45.9 Å². The van der Waals surface area contributed by atoms with Gasteiger partial charge < -0.3 is 10.0 Å². The molecule has 0 fully saturated rings. The molecular weight excluding hydrogens is 262 g/mol. The molecule has 0 saturated carbocycles. The summed E-state index contributed by atoms with van der Waals surface area (Å²) in [5.41, 5.74) is 3.46. The van der Waals surface area contributed by atoms with Crippen molar-refractivity contribution >= 4 is 5.91 Å². The number of fused-ring (bicyclic) bond motifs is 1. The molecule has 1 aliphatic rings. The summed E-state index contributed by atoms with van der Waals surface area (Å²) in [7, 11) is 0. The second-order valence-corrected chi connectivity index (χ2v) is 6.88. The van der Waals surface area contributed by atoms with Crippen LogP contribution in [0.15, 0.2) is 18.2 Å². The molecule has 1 N–H and O–H groups in total. The first-order valence-corrected chi connectivity index (χ1v) is 7.96. The fraction of sp³-hybridized carbons (Fsp3) is 0.611. The summed E-state index contributed by atoms with van der Waals surface area (Å²) in [6.07, 6.45) is 1.10. The standard InChI is InChI=1S/C18H27NO2/c1-12(2)9-17(20)19-8-7-14-5-6-15(10-16(14)11-19)18(21)13(3)4/h5-6,10,12-13,18,21H,7-9,11H2,1-4H3. The van der Waals surface area contributed by atoms with Crippen LogP contribution in [0.3, 0.4) is 0 Å². The normalized spacial score (nSPS) is 16.2. The average molecular weight is 289 g/mol. The van der Waals surface area contributed by atoms with Crippen LogP contribution in [0.1, 0.15) is 56.9 Å². The minimum absolute atomic E-state index is 0.199. The summed E-state index contributed by atoms with van der Waals surface area (Å²) in [5, 5.41) is 10.2. The van der Waals surface area contributed by atoms with E-state index in [1.807, 2.05) is 24.8 Å². The fourth-order valence-corrected chi connectivity index (χ4v) is 2.84. The predicted octanol–water partition coefficient (Wildman–Crippen LogP) is 3.31. The minimum Gasteiger partial charge on any atom is -0.388 e. The van der Waals surface area contributed by atoms with E-state index in [1.165, 1.54) is 11.1 Å². The molecule has 3 nitrogen and oxygen atoms in total. The van der Waals surface area contributed by atoms with Crippen LogP contribution in [-0.2, 0) is 17.8 Å². The number of aliphatic hydroxyl groups is 1. The Labute approximate surface area is 128 Å². The van der Waals surface area contributed by atoms with Crippen LogP contribution >= 0.6 is 0 Å². The van der Waals surface area contributed by atoms with E-state index in [4.69, 9.17) is 0 Å². The van der Waals surface area contributed by atoms with Crippen molar-refractivity contribution in [2.24, 2.45) is 11.8 Å². The van der Waals surface area contributed by atoms with Crippen LogP contribution in [0.25, 0.3) is 0 Å². The second-order valence-electron chi connectivity index (χ2n) is 6.88. The number of carbonyl (C=O) groups excluding carboxylic acids is 1. The molecule has 2 rings (SSSR count). The maximum atomic E-state index is 12.2. The van der Waals surface area contributed by atoms with E-state index < -0.39 is 6.10 Å². The first-order valence-electron chi connectivity index (χ1n) is 7.96. The van der Waals surface area contributed by atoms with E-state index in [9.17, 15) is 9.90 Å². The number of nitrogens with zero attached hydrogens (tertiary/aromatic N) is 1. The molecule has 0 aliphatic carbocycles. The lowest BCUT2D eigenvalue weighted by molar-refractivity contribution is -0.132. The Kier molecular flexibility index (Phi) is 5.04. The first kappa shape index (κ1) is 16.0. The van der Waals surface area contributed by atoms with Gasteiger partial charge in [0.05, 0.1) is 6.10 Å². The topological polar surface area (TPSA) is 40.5 Å². The van der Waals surface area contributed by atoms with Gasteiger partial charge in [-0.25, -0.2) is 0 Å². The number of amides is 1. The van der Waals surface area contributed by atoms with Crippen molar-refractivity contribution in [1.82, 2.24) is 4.90 Å². The first-order chi connectivity index (χ1) is 9.88. The summed E-state index contributed by atoms with van der Waals surface area (Å²) in [4.78, 5) is 14.2. The van der Waals surface area contributed by atoms with Crippen LogP contribution in [0, 0.1) is 11.8 Å². The zero-order valence-corrected chi connectivity index (χ0v) is 13.6. The Morgan fingerprint density at radius 1 is 1.24 bits per heavy atom. The van der Waals surface area contributed by atoms with Crippen molar-refractivity contribution in [3.63, 3.8) is 0 Å². The third kappa shape index (κ3) is 3.85. The van der Waals surface area contributed by atoms with Crippen LogP contribution < -0.4 is 0 Å². The second kappa shape index (κ2) is 6.61. The molecule has 1 unspecified atom stereocenters. The summed E-state index contributed by atoms with van der Waals surface area (Å²) < 4.78 is 0. The molecule has 116 valence electrons. The molecule has 3 heteroatoms. The number of hydrogen-bond donors (Lipinski definition) is 1. The highest BCUT2D eigenvalue weighted by molar-refractivity contribution is 5.76. The summed E-state index contributed by atoms with van der Waals surface area (Å²) in [6.45, 7) is 9.68. The molecule has 1 amide bonds. The van der Waals surface area contributed by atoms with Crippen LogP contribution in [0.5, 0.6) is 0 Å². The van der Waals surface area contributed by atoms with Crippen molar-refractivity contribution < 1.29 is 9.90 Å². The molecule has 0 spiro atoms. The highest BCUT2D eigenvalue weighted by Gasteiger charge is 2.22. The van der Waals surface area contributed by atoms with E-state index in [2.05, 4.69) is 26.0 Å². The lowest BCUT2D eigenvalue weighted by Gasteiger charge is -2.30. The Morgan fingerprint density at radius 2 is 1.95 bits per heavy atom. The third-order valence-corrected chi connectivity index (χ3v) is 4.15. The Morgan fingerprint density at radius 3 is 2.57 bits per heavy atom. The van der Waals surface area contributed by atoms with Gasteiger partial charge in [0.15, 0.2) is 0 Å². The molecule has 1 aliphatic heterocycles. The zero-order chi connectivity index (χ0) is 15.6. The number of hydrogen-bond acceptors (Lipinski definition) is 2. The molecular formula is C18H27NO2. The SMILES string of the molecule is CC(C)CC(=O)N1CCc2ccc(C(O)C(C)C)cc2C1. The van der Waals surface area contributed by atoms with E-state index in [-0.39, 0.29) is 11.8 Å². The molecule has 1 atom stereocenters. The summed E-state index contributed by atoms with van der Waals surface area (Å²) in [6, 6.07) is 6.21. The predicted molar refractivity (Wildman–Crippen MR) is 84.8 cm³/mol. The summed E-state index contributed by atoms with van der Waals surface area (Å²) in [5.74, 6) is 0.837. The van der Waals surface area contributed by atoms with Crippen molar-refractivity contribution in [3.05, 3.63) is 34.9 Å². The molecule has 0 saturated heterocycles. The van der Waals surface area contributed by atoms with Gasteiger partial charge in [-0.3, -0.25) is 4.79 Å². The van der Waals surface area contributed by atoms with Gasteiger partial charge in [0.1, 0.15) is 0 Å². The maximum Gasteiger partial charge on any atom is 0.223 e. The Bertz CT molecular complexity index is 508. The van der Waals surface area contributed by atoms with Crippen molar-refractivity contribution in [2.45, 2.75) is 53.2 Å². The summed E-state index contributed by atoms with van der Waals surface area (Å²) >= 11 is 0. The van der Waals surface area contributed by atoms with E-state index >= 15 is 0 Å². The highest BCUT2D eigenvalue weighted by atomic mass is 16.3. The van der Waals surface area contributed by atoms with Gasteiger partial charge in [0, 0.05) is 19.5 Å². The van der Waals surface area contributed by atoms with Crippen LogP contribution in [0.4, 0.5) is 0 Å². The van der Waals surface area contributed by atoms with E-state index in [0.29, 0.717) is 18.9 Å². The molecule has 0 aromatic heterocycles. The number of rotatable bonds is 4. The highest BCUT2D eigenvalue weighted by Crippen LogP contribution is 2.27. The Balaban J connectivity index is 2.15. The lowest BCUT2D eigenvalue weighted by atomic mass is 9.92. The molecule has 21 heavy (non-hydrogen) atoms. The van der Waals surface area contributed by atoms with Gasteiger partial charge in [-0.05, 0) is 34.9 Å². The zero-order valence-electron chi connectivity index (χ0n) is 13.6. The lowest BCUT2D eigenvalue weighted by Crippen LogP contribution is -2.36. The minimum atomic E-state index is -0.433. The third-order valence-electron chi connectivity index (χ3n) is 4.15. The molecule has 1 heterocycles. The average Bonchev–Trinajstić information content (AvgIpc) is 2.44. The Hall–Kier alpha value is -1.35. The number of benzene rings is 1. The largest absolute Gasteiger partial charge is 0.388 e. The van der Waals surface area contributed by atoms with Gasteiger partial charge in [-0.15, -0.1) is 0 Å². The van der Waals surface area contributed by atoms with Crippen molar-refractivity contribution in [2.75, 3.05) is 6.54 Å². The van der Waals surface area contributed by atoms with Crippen LogP contribution in [-0.4, -0.2) is 22.5 Å². The van der Waals surface area contributed by atoms with Gasteiger partial charge >= 0.3 is 0 Å². The van der Waals surface area contributed by atoms with Crippen LogP contribution in [0.2, 0.25) is 0 Å². The number of aliphatic hydroxyl groups excluding tert-OH is 1. The molecule has 0 radical (unpaired) electrons.